The molecular weight excluding hydrogens is 496 g/mol. The van der Waals surface area contributed by atoms with E-state index >= 15 is 0 Å². The number of hydrogen-bond acceptors (Lipinski definition) is 7. The minimum absolute atomic E-state index is 0.370. The van der Waals surface area contributed by atoms with Gasteiger partial charge in [0, 0.05) is 75.5 Å². The summed E-state index contributed by atoms with van der Waals surface area (Å²) in [5.41, 5.74) is 6.04. The molecule has 0 aliphatic carbocycles. The molecule has 1 aromatic carbocycles. The fraction of sp³-hybridized carbons (Fsp3) is 0.414. The Bertz CT molecular complexity index is 1350. The van der Waals surface area contributed by atoms with Crippen molar-refractivity contribution < 1.29 is 0 Å². The molecule has 2 aliphatic rings. The third kappa shape index (κ3) is 5.48. The number of benzene rings is 1. The molecule has 5 heterocycles. The van der Waals surface area contributed by atoms with Gasteiger partial charge in [-0.1, -0.05) is 18.5 Å². The van der Waals surface area contributed by atoms with Crippen LogP contribution in [0.5, 0.6) is 0 Å². The van der Waals surface area contributed by atoms with Crippen molar-refractivity contribution in [3.05, 3.63) is 65.6 Å². The lowest BCUT2D eigenvalue weighted by Crippen LogP contribution is -2.45. The van der Waals surface area contributed by atoms with E-state index in [1.807, 2.05) is 12.4 Å². The molecule has 6 rings (SSSR count). The first-order valence-electron chi connectivity index (χ1n) is 13.7. The highest BCUT2D eigenvalue weighted by molar-refractivity contribution is 6.34. The van der Waals surface area contributed by atoms with Crippen LogP contribution < -0.4 is 10.2 Å². The van der Waals surface area contributed by atoms with Gasteiger partial charge in [-0.2, -0.15) is 0 Å². The molecule has 38 heavy (non-hydrogen) atoms. The van der Waals surface area contributed by atoms with Gasteiger partial charge in [0.1, 0.15) is 11.3 Å². The molecule has 4 aromatic rings. The van der Waals surface area contributed by atoms with Crippen molar-refractivity contribution in [2.75, 3.05) is 56.0 Å². The standard InChI is InChI=1S/C29H35ClN8/c1-2-12-36-13-9-23(20-36)33-26-25(30)18-32-29-27(26)34-28(35-29)22-3-5-24(6-4-22)38-16-14-37(15-17-38)19-21-7-10-31-11-8-21/h3-8,10-11,18,23H,2,9,12-17,19-20H2,1H3,(H2,32,33,34,35). The van der Waals surface area contributed by atoms with Crippen LogP contribution in [0.4, 0.5) is 11.4 Å². The first kappa shape index (κ1) is 25.1. The molecule has 0 radical (unpaired) electrons. The summed E-state index contributed by atoms with van der Waals surface area (Å²) < 4.78 is 0. The predicted octanol–water partition coefficient (Wildman–Crippen LogP) is 4.89. The maximum absolute atomic E-state index is 6.59. The molecule has 8 nitrogen and oxygen atoms in total. The highest BCUT2D eigenvalue weighted by atomic mass is 35.5. The lowest BCUT2D eigenvalue weighted by atomic mass is 10.1. The number of nitrogens with zero attached hydrogens (tertiary/aromatic N) is 6. The van der Waals surface area contributed by atoms with E-state index in [9.17, 15) is 0 Å². The molecule has 0 bridgehead atoms. The Kier molecular flexibility index (Phi) is 7.44. The van der Waals surface area contributed by atoms with E-state index in [0.29, 0.717) is 11.1 Å². The van der Waals surface area contributed by atoms with Gasteiger partial charge < -0.3 is 20.1 Å². The zero-order chi connectivity index (χ0) is 25.9. The van der Waals surface area contributed by atoms with Gasteiger partial charge in [0.2, 0.25) is 0 Å². The number of imidazole rings is 1. The van der Waals surface area contributed by atoms with Crippen LogP contribution in [-0.2, 0) is 6.54 Å². The van der Waals surface area contributed by atoms with Crippen molar-refractivity contribution >= 4 is 34.1 Å². The Hall–Kier alpha value is -3.20. The Morgan fingerprint density at radius 1 is 1.00 bits per heavy atom. The summed E-state index contributed by atoms with van der Waals surface area (Å²) in [6.45, 7) is 10.6. The molecular formula is C29H35ClN8. The van der Waals surface area contributed by atoms with Gasteiger partial charge in [-0.05, 0) is 61.3 Å². The lowest BCUT2D eigenvalue weighted by Gasteiger charge is -2.36. The monoisotopic (exact) mass is 530 g/mol. The van der Waals surface area contributed by atoms with Crippen molar-refractivity contribution in [2.24, 2.45) is 0 Å². The van der Waals surface area contributed by atoms with Gasteiger partial charge in [-0.25, -0.2) is 9.97 Å². The number of H-pyrrole nitrogens is 1. The summed E-state index contributed by atoms with van der Waals surface area (Å²) in [5, 5.41) is 4.28. The summed E-state index contributed by atoms with van der Waals surface area (Å²) in [5.74, 6) is 0.811. The van der Waals surface area contributed by atoms with Gasteiger partial charge >= 0.3 is 0 Å². The minimum atomic E-state index is 0.370. The van der Waals surface area contributed by atoms with Crippen molar-refractivity contribution in [3.63, 3.8) is 0 Å². The van der Waals surface area contributed by atoms with Gasteiger partial charge in [-0.3, -0.25) is 9.88 Å². The first-order chi connectivity index (χ1) is 18.7. The third-order valence-corrected chi connectivity index (χ3v) is 7.95. The highest BCUT2D eigenvalue weighted by Crippen LogP contribution is 2.32. The predicted molar refractivity (Wildman–Crippen MR) is 155 cm³/mol. The van der Waals surface area contributed by atoms with Gasteiger partial charge in [0.25, 0.3) is 0 Å². The second-order valence-electron chi connectivity index (χ2n) is 10.4. The number of hydrogen-bond donors (Lipinski definition) is 2. The van der Waals surface area contributed by atoms with Crippen LogP contribution >= 0.6 is 11.6 Å². The third-order valence-electron chi connectivity index (χ3n) is 7.66. The SMILES string of the molecule is CCCN1CCC(Nc2c(Cl)cnc3[nH]c(-c4ccc(N5CCN(Cc6ccncc6)CC5)cc4)nc23)C1. The summed E-state index contributed by atoms with van der Waals surface area (Å²) in [6.07, 6.45) is 7.74. The maximum atomic E-state index is 6.59. The van der Waals surface area contributed by atoms with Crippen LogP contribution in [0.1, 0.15) is 25.3 Å². The molecule has 2 saturated heterocycles. The summed E-state index contributed by atoms with van der Waals surface area (Å²) in [4.78, 5) is 24.4. The number of piperazine rings is 1. The Labute approximate surface area is 229 Å². The van der Waals surface area contributed by atoms with E-state index < -0.39 is 0 Å². The Morgan fingerprint density at radius 3 is 2.55 bits per heavy atom. The molecule has 0 spiro atoms. The van der Waals surface area contributed by atoms with E-state index in [4.69, 9.17) is 16.6 Å². The molecule has 0 saturated carbocycles. The molecule has 0 amide bonds. The molecule has 2 aliphatic heterocycles. The number of nitrogens with one attached hydrogen (secondary N) is 2. The number of pyridine rings is 2. The van der Waals surface area contributed by atoms with Crippen molar-refractivity contribution in [3.8, 4) is 11.4 Å². The molecule has 9 heteroatoms. The molecule has 3 aromatic heterocycles. The number of fused-ring (bicyclic) bond motifs is 1. The van der Waals surface area contributed by atoms with Crippen LogP contribution in [0.3, 0.4) is 0 Å². The summed E-state index contributed by atoms with van der Waals surface area (Å²) >= 11 is 6.59. The number of aromatic amines is 1. The van der Waals surface area contributed by atoms with Crippen molar-refractivity contribution in [1.82, 2.24) is 29.7 Å². The van der Waals surface area contributed by atoms with Crippen LogP contribution in [0.2, 0.25) is 5.02 Å². The van der Waals surface area contributed by atoms with Crippen LogP contribution in [0, 0.1) is 0 Å². The average Bonchev–Trinajstić information content (AvgIpc) is 3.59. The molecule has 2 fully saturated rings. The zero-order valence-electron chi connectivity index (χ0n) is 21.9. The molecule has 2 N–H and O–H groups in total. The van der Waals surface area contributed by atoms with Crippen molar-refractivity contribution in [2.45, 2.75) is 32.4 Å². The lowest BCUT2D eigenvalue weighted by molar-refractivity contribution is 0.250. The van der Waals surface area contributed by atoms with Gasteiger partial charge in [0.05, 0.1) is 16.9 Å². The van der Waals surface area contributed by atoms with Gasteiger partial charge in [-0.15, -0.1) is 0 Å². The van der Waals surface area contributed by atoms with E-state index in [1.54, 1.807) is 6.20 Å². The van der Waals surface area contributed by atoms with Crippen LogP contribution in [0.25, 0.3) is 22.6 Å². The molecule has 1 unspecified atom stereocenters. The number of likely N-dealkylation sites (tertiary alicyclic amines) is 1. The Balaban J connectivity index is 1.12. The number of halogens is 1. The Morgan fingerprint density at radius 2 is 1.79 bits per heavy atom. The summed E-state index contributed by atoms with van der Waals surface area (Å²) in [7, 11) is 0. The minimum Gasteiger partial charge on any atom is -0.378 e. The molecule has 198 valence electrons. The van der Waals surface area contributed by atoms with Crippen LogP contribution in [-0.4, -0.2) is 81.6 Å². The zero-order valence-corrected chi connectivity index (χ0v) is 22.7. The van der Waals surface area contributed by atoms with Gasteiger partial charge in [0.15, 0.2) is 5.65 Å². The number of rotatable bonds is 8. The van der Waals surface area contributed by atoms with E-state index in [0.717, 1.165) is 87.0 Å². The van der Waals surface area contributed by atoms with E-state index in [2.05, 4.69) is 78.3 Å². The van der Waals surface area contributed by atoms with E-state index in [-0.39, 0.29) is 0 Å². The normalized spacial score (nSPS) is 18.9. The fourth-order valence-corrected chi connectivity index (χ4v) is 5.81. The maximum Gasteiger partial charge on any atom is 0.159 e. The first-order valence-corrected chi connectivity index (χ1v) is 14.0. The molecule has 1 atom stereocenters. The quantitative estimate of drug-likeness (QED) is 0.336. The van der Waals surface area contributed by atoms with Crippen LogP contribution in [0.15, 0.2) is 55.0 Å². The second-order valence-corrected chi connectivity index (χ2v) is 10.8. The average molecular weight is 531 g/mol. The highest BCUT2D eigenvalue weighted by Gasteiger charge is 2.24. The van der Waals surface area contributed by atoms with Crippen molar-refractivity contribution in [1.29, 1.82) is 0 Å². The number of aromatic nitrogens is 4. The summed E-state index contributed by atoms with van der Waals surface area (Å²) in [6, 6.07) is 13.2. The number of anilines is 2. The second kappa shape index (κ2) is 11.3. The topological polar surface area (TPSA) is 76.2 Å². The fourth-order valence-electron chi connectivity index (χ4n) is 5.62. The largest absolute Gasteiger partial charge is 0.378 e. The van der Waals surface area contributed by atoms with E-state index in [1.165, 1.54) is 17.7 Å². The smallest absolute Gasteiger partial charge is 0.159 e.